The number of aromatic nitrogens is 2. The van der Waals surface area contributed by atoms with E-state index in [0.29, 0.717) is 24.7 Å². The van der Waals surface area contributed by atoms with E-state index in [9.17, 15) is 4.79 Å². The average Bonchev–Trinajstić information content (AvgIpc) is 3.18. The summed E-state index contributed by atoms with van der Waals surface area (Å²) in [6, 6.07) is 14.8. The SMILES string of the molecule is C=CCNC(=O)c1cc(NCc2ccco2)nc(-c2ccccc2)n1. The van der Waals surface area contributed by atoms with Gasteiger partial charge in [0, 0.05) is 18.2 Å². The molecule has 2 aromatic heterocycles. The van der Waals surface area contributed by atoms with Gasteiger partial charge in [0.1, 0.15) is 17.3 Å². The fraction of sp³-hybridized carbons (Fsp3) is 0.105. The van der Waals surface area contributed by atoms with Crippen molar-refractivity contribution in [3.63, 3.8) is 0 Å². The van der Waals surface area contributed by atoms with E-state index in [1.165, 1.54) is 0 Å². The largest absolute Gasteiger partial charge is 0.467 e. The van der Waals surface area contributed by atoms with Crippen LogP contribution in [-0.2, 0) is 6.54 Å². The van der Waals surface area contributed by atoms with Crippen molar-refractivity contribution in [2.75, 3.05) is 11.9 Å². The summed E-state index contributed by atoms with van der Waals surface area (Å²) in [7, 11) is 0. The Kier molecular flexibility index (Phi) is 5.21. The Morgan fingerprint density at radius 3 is 2.72 bits per heavy atom. The van der Waals surface area contributed by atoms with Gasteiger partial charge in [0.2, 0.25) is 0 Å². The van der Waals surface area contributed by atoms with Crippen molar-refractivity contribution < 1.29 is 9.21 Å². The summed E-state index contributed by atoms with van der Waals surface area (Å²) in [6.45, 7) is 4.43. The number of rotatable bonds is 7. The predicted octanol–water partition coefficient (Wildman–Crippen LogP) is 3.26. The van der Waals surface area contributed by atoms with Crippen molar-refractivity contribution in [1.82, 2.24) is 15.3 Å². The van der Waals surface area contributed by atoms with Crippen molar-refractivity contribution in [3.05, 3.63) is 78.9 Å². The summed E-state index contributed by atoms with van der Waals surface area (Å²) in [4.78, 5) is 21.2. The molecule has 3 rings (SSSR count). The Bertz CT molecular complexity index is 845. The quantitative estimate of drug-likeness (QED) is 0.648. The number of amides is 1. The van der Waals surface area contributed by atoms with Crippen LogP contribution in [0, 0.1) is 0 Å². The molecule has 1 amide bonds. The normalized spacial score (nSPS) is 10.2. The summed E-state index contributed by atoms with van der Waals surface area (Å²) in [6.07, 6.45) is 3.23. The molecule has 2 heterocycles. The molecular formula is C19H18N4O2. The summed E-state index contributed by atoms with van der Waals surface area (Å²) in [5.74, 6) is 1.53. The van der Waals surface area contributed by atoms with Crippen LogP contribution in [0.1, 0.15) is 16.2 Å². The highest BCUT2D eigenvalue weighted by atomic mass is 16.3. The maximum absolute atomic E-state index is 12.3. The lowest BCUT2D eigenvalue weighted by Gasteiger charge is -2.09. The number of carbonyl (C=O) groups excluding carboxylic acids is 1. The van der Waals surface area contributed by atoms with E-state index < -0.39 is 0 Å². The number of nitrogens with zero attached hydrogens (tertiary/aromatic N) is 2. The standard InChI is InChI=1S/C19H18N4O2/c1-2-10-20-19(24)16-12-17(21-13-15-9-6-11-25-15)23-18(22-16)14-7-4-3-5-8-14/h2-9,11-12H,1,10,13H2,(H,20,24)(H,21,22,23). The van der Waals surface area contributed by atoms with E-state index in [2.05, 4.69) is 27.2 Å². The second-order valence-electron chi connectivity index (χ2n) is 5.26. The van der Waals surface area contributed by atoms with E-state index in [4.69, 9.17) is 4.42 Å². The molecule has 126 valence electrons. The molecule has 0 unspecified atom stereocenters. The lowest BCUT2D eigenvalue weighted by molar-refractivity contribution is 0.0953. The molecule has 2 N–H and O–H groups in total. The van der Waals surface area contributed by atoms with Crippen molar-refractivity contribution in [3.8, 4) is 11.4 Å². The number of benzene rings is 1. The van der Waals surface area contributed by atoms with Crippen LogP contribution in [0.25, 0.3) is 11.4 Å². The minimum absolute atomic E-state index is 0.277. The van der Waals surface area contributed by atoms with Gasteiger partial charge in [-0.1, -0.05) is 36.4 Å². The van der Waals surface area contributed by atoms with E-state index in [0.717, 1.165) is 11.3 Å². The van der Waals surface area contributed by atoms with Crippen LogP contribution in [0.3, 0.4) is 0 Å². The molecule has 0 atom stereocenters. The number of nitrogens with one attached hydrogen (secondary N) is 2. The molecule has 1 aromatic carbocycles. The van der Waals surface area contributed by atoms with Crippen molar-refractivity contribution in [2.24, 2.45) is 0 Å². The highest BCUT2D eigenvalue weighted by Crippen LogP contribution is 2.18. The highest BCUT2D eigenvalue weighted by molar-refractivity contribution is 5.93. The minimum atomic E-state index is -0.277. The summed E-state index contributed by atoms with van der Waals surface area (Å²) in [5, 5.41) is 5.89. The zero-order valence-corrected chi connectivity index (χ0v) is 13.6. The number of hydrogen-bond acceptors (Lipinski definition) is 5. The zero-order valence-electron chi connectivity index (χ0n) is 13.6. The van der Waals surface area contributed by atoms with Gasteiger partial charge in [-0.15, -0.1) is 6.58 Å². The second kappa shape index (κ2) is 7.92. The van der Waals surface area contributed by atoms with Crippen LogP contribution in [0.5, 0.6) is 0 Å². The zero-order chi connectivity index (χ0) is 17.5. The van der Waals surface area contributed by atoms with E-state index in [-0.39, 0.29) is 11.6 Å². The predicted molar refractivity (Wildman–Crippen MR) is 96.0 cm³/mol. The van der Waals surface area contributed by atoms with Gasteiger partial charge >= 0.3 is 0 Å². The molecular weight excluding hydrogens is 316 g/mol. The van der Waals surface area contributed by atoms with Gasteiger partial charge in [-0.2, -0.15) is 0 Å². The second-order valence-corrected chi connectivity index (χ2v) is 5.26. The molecule has 0 bridgehead atoms. The highest BCUT2D eigenvalue weighted by Gasteiger charge is 2.12. The summed E-state index contributed by atoms with van der Waals surface area (Å²) < 4.78 is 5.30. The minimum Gasteiger partial charge on any atom is -0.467 e. The van der Waals surface area contributed by atoms with Crippen LogP contribution >= 0.6 is 0 Å². The fourth-order valence-electron chi connectivity index (χ4n) is 2.22. The molecule has 6 heteroatoms. The van der Waals surface area contributed by atoms with Crippen LogP contribution < -0.4 is 10.6 Å². The third-order valence-electron chi connectivity index (χ3n) is 3.42. The Hall–Kier alpha value is -3.41. The Morgan fingerprint density at radius 2 is 2.00 bits per heavy atom. The maximum atomic E-state index is 12.3. The Morgan fingerprint density at radius 1 is 1.16 bits per heavy atom. The molecule has 0 saturated heterocycles. The number of hydrogen-bond donors (Lipinski definition) is 2. The third-order valence-corrected chi connectivity index (χ3v) is 3.42. The third kappa shape index (κ3) is 4.32. The topological polar surface area (TPSA) is 80.0 Å². The van der Waals surface area contributed by atoms with Gasteiger partial charge in [-0.05, 0) is 12.1 Å². The van der Waals surface area contributed by atoms with Gasteiger partial charge in [0.15, 0.2) is 5.82 Å². The van der Waals surface area contributed by atoms with Crippen LogP contribution in [0.2, 0.25) is 0 Å². The Labute approximate surface area is 145 Å². The van der Waals surface area contributed by atoms with Crippen molar-refractivity contribution >= 4 is 11.7 Å². The van der Waals surface area contributed by atoms with Crippen LogP contribution in [0.4, 0.5) is 5.82 Å². The molecule has 0 aliphatic rings. The fourth-order valence-corrected chi connectivity index (χ4v) is 2.22. The number of furan rings is 1. The first-order valence-electron chi connectivity index (χ1n) is 7.86. The average molecular weight is 334 g/mol. The molecule has 0 saturated carbocycles. The summed E-state index contributed by atoms with van der Waals surface area (Å²) >= 11 is 0. The van der Waals surface area contributed by atoms with Crippen molar-refractivity contribution in [2.45, 2.75) is 6.54 Å². The summed E-state index contributed by atoms with van der Waals surface area (Å²) in [5.41, 5.74) is 1.12. The lowest BCUT2D eigenvalue weighted by Crippen LogP contribution is -2.24. The first-order chi connectivity index (χ1) is 12.3. The first-order valence-corrected chi connectivity index (χ1v) is 7.86. The Balaban J connectivity index is 1.90. The molecule has 0 aliphatic carbocycles. The van der Waals surface area contributed by atoms with Crippen LogP contribution in [-0.4, -0.2) is 22.4 Å². The monoisotopic (exact) mass is 334 g/mol. The molecule has 0 aliphatic heterocycles. The first kappa shape index (κ1) is 16.4. The van der Waals surface area contributed by atoms with E-state index >= 15 is 0 Å². The van der Waals surface area contributed by atoms with Crippen LogP contribution in [0.15, 0.2) is 71.9 Å². The van der Waals surface area contributed by atoms with E-state index in [1.807, 2.05) is 42.5 Å². The van der Waals surface area contributed by atoms with Gasteiger partial charge in [0.25, 0.3) is 5.91 Å². The molecule has 3 aromatic rings. The molecule has 25 heavy (non-hydrogen) atoms. The number of anilines is 1. The molecule has 0 spiro atoms. The van der Waals surface area contributed by atoms with Gasteiger partial charge in [0.05, 0.1) is 12.8 Å². The lowest BCUT2D eigenvalue weighted by atomic mass is 10.2. The van der Waals surface area contributed by atoms with Gasteiger partial charge in [-0.25, -0.2) is 9.97 Å². The maximum Gasteiger partial charge on any atom is 0.270 e. The smallest absolute Gasteiger partial charge is 0.270 e. The molecule has 0 radical (unpaired) electrons. The number of carbonyl (C=O) groups is 1. The van der Waals surface area contributed by atoms with E-state index in [1.54, 1.807) is 18.4 Å². The van der Waals surface area contributed by atoms with Gasteiger partial charge in [-0.3, -0.25) is 4.79 Å². The van der Waals surface area contributed by atoms with Gasteiger partial charge < -0.3 is 15.1 Å². The van der Waals surface area contributed by atoms with Crippen molar-refractivity contribution in [1.29, 1.82) is 0 Å². The molecule has 6 nitrogen and oxygen atoms in total. The molecule has 0 fully saturated rings.